The lowest BCUT2D eigenvalue weighted by molar-refractivity contribution is -0.00317. The minimum absolute atomic E-state index is 0. The molecule has 4 nitrogen and oxygen atoms in total. The van der Waals surface area contributed by atoms with Crippen molar-refractivity contribution in [3.8, 4) is 0 Å². The second-order valence-corrected chi connectivity index (χ2v) is 1.97. The lowest BCUT2D eigenvalue weighted by Gasteiger charge is -2.10. The SMILES string of the molecule is OC[C@H]1O[CH][C@@H](O)[C@@H]1O.S. The first-order chi connectivity index (χ1) is 4.25. The van der Waals surface area contributed by atoms with Crippen molar-refractivity contribution >= 4 is 13.5 Å². The first-order valence-electron chi connectivity index (χ1n) is 2.71. The Morgan fingerprint density at radius 1 is 1.40 bits per heavy atom. The van der Waals surface area contributed by atoms with Crippen molar-refractivity contribution in [2.45, 2.75) is 18.3 Å². The van der Waals surface area contributed by atoms with Crippen LogP contribution in [0, 0.1) is 6.61 Å². The molecule has 61 valence electrons. The fourth-order valence-corrected chi connectivity index (χ4v) is 0.713. The van der Waals surface area contributed by atoms with Gasteiger partial charge in [-0.3, -0.25) is 0 Å². The van der Waals surface area contributed by atoms with Crippen LogP contribution in [0.3, 0.4) is 0 Å². The maximum atomic E-state index is 8.89. The summed E-state index contributed by atoms with van der Waals surface area (Å²) in [6.07, 6.45) is -2.59. The third-order valence-electron chi connectivity index (χ3n) is 1.30. The minimum atomic E-state index is -0.977. The van der Waals surface area contributed by atoms with Gasteiger partial charge in [0.1, 0.15) is 24.9 Å². The van der Waals surface area contributed by atoms with E-state index in [9.17, 15) is 0 Å². The van der Waals surface area contributed by atoms with Crippen molar-refractivity contribution in [2.24, 2.45) is 0 Å². The first-order valence-corrected chi connectivity index (χ1v) is 2.71. The Bertz CT molecular complexity index is 99.6. The van der Waals surface area contributed by atoms with Gasteiger partial charge in [-0.25, -0.2) is 0 Å². The van der Waals surface area contributed by atoms with Gasteiger partial charge < -0.3 is 20.1 Å². The second kappa shape index (κ2) is 4.15. The monoisotopic (exact) mass is 167 g/mol. The van der Waals surface area contributed by atoms with Gasteiger partial charge in [-0.1, -0.05) is 0 Å². The van der Waals surface area contributed by atoms with Gasteiger partial charge in [-0.05, 0) is 0 Å². The van der Waals surface area contributed by atoms with Gasteiger partial charge >= 0.3 is 0 Å². The largest absolute Gasteiger partial charge is 0.394 e. The van der Waals surface area contributed by atoms with E-state index in [0.717, 1.165) is 6.61 Å². The van der Waals surface area contributed by atoms with E-state index >= 15 is 0 Å². The molecule has 0 bridgehead atoms. The number of rotatable bonds is 1. The number of hydrogen-bond acceptors (Lipinski definition) is 4. The summed E-state index contributed by atoms with van der Waals surface area (Å²) in [5, 5.41) is 26.1. The zero-order valence-electron chi connectivity index (χ0n) is 5.27. The average Bonchev–Trinajstić information content (AvgIpc) is 2.15. The quantitative estimate of drug-likeness (QED) is 0.439. The molecule has 5 heteroatoms. The lowest BCUT2D eigenvalue weighted by atomic mass is 10.2. The highest BCUT2D eigenvalue weighted by molar-refractivity contribution is 7.59. The number of aliphatic hydroxyl groups is 3. The molecule has 0 aromatic carbocycles. The van der Waals surface area contributed by atoms with E-state index in [-0.39, 0.29) is 20.1 Å². The maximum Gasteiger partial charge on any atom is 0.115 e. The molecule has 0 spiro atoms. The zero-order chi connectivity index (χ0) is 6.85. The van der Waals surface area contributed by atoms with E-state index in [1.165, 1.54) is 0 Å². The van der Waals surface area contributed by atoms with Gasteiger partial charge in [0.2, 0.25) is 0 Å². The molecule has 1 rings (SSSR count). The molecule has 0 amide bonds. The second-order valence-electron chi connectivity index (χ2n) is 1.97. The molecular weight excluding hydrogens is 156 g/mol. The van der Waals surface area contributed by atoms with Gasteiger partial charge in [0.05, 0.1) is 6.61 Å². The lowest BCUT2D eigenvalue weighted by Crippen LogP contribution is -2.31. The highest BCUT2D eigenvalue weighted by atomic mass is 32.1. The van der Waals surface area contributed by atoms with E-state index in [1.807, 2.05) is 0 Å². The molecule has 1 fully saturated rings. The molecule has 1 radical (unpaired) electrons. The molecule has 0 saturated carbocycles. The fraction of sp³-hybridized carbons (Fsp3) is 0.800. The van der Waals surface area contributed by atoms with Gasteiger partial charge in [0, 0.05) is 0 Å². The Kier molecular flexibility index (Phi) is 4.23. The van der Waals surface area contributed by atoms with Gasteiger partial charge in [0.15, 0.2) is 0 Å². The van der Waals surface area contributed by atoms with Crippen molar-refractivity contribution in [3.05, 3.63) is 6.61 Å². The van der Waals surface area contributed by atoms with Crippen LogP contribution in [0.1, 0.15) is 0 Å². The van der Waals surface area contributed by atoms with Crippen LogP contribution < -0.4 is 0 Å². The summed E-state index contributed by atoms with van der Waals surface area (Å²) in [6.45, 7) is 0.848. The summed E-state index contributed by atoms with van der Waals surface area (Å²) in [5.74, 6) is 0. The molecule has 0 aromatic rings. The Hall–Kier alpha value is 0.190. The van der Waals surface area contributed by atoms with Crippen LogP contribution in [0.15, 0.2) is 0 Å². The molecule has 3 atom stereocenters. The van der Waals surface area contributed by atoms with Crippen LogP contribution in [-0.2, 0) is 4.74 Å². The van der Waals surface area contributed by atoms with Crippen LogP contribution >= 0.6 is 13.5 Å². The van der Waals surface area contributed by atoms with E-state index in [4.69, 9.17) is 15.3 Å². The van der Waals surface area contributed by atoms with E-state index in [1.54, 1.807) is 0 Å². The first kappa shape index (κ1) is 10.2. The van der Waals surface area contributed by atoms with Crippen molar-refractivity contribution in [2.75, 3.05) is 6.61 Å². The van der Waals surface area contributed by atoms with Crippen LogP contribution in [0.2, 0.25) is 0 Å². The van der Waals surface area contributed by atoms with Crippen LogP contribution in [0.4, 0.5) is 0 Å². The topological polar surface area (TPSA) is 69.9 Å². The number of aliphatic hydroxyl groups excluding tert-OH is 3. The van der Waals surface area contributed by atoms with E-state index in [2.05, 4.69) is 4.74 Å². The fourth-order valence-electron chi connectivity index (χ4n) is 0.713. The average molecular weight is 167 g/mol. The molecule has 10 heavy (non-hydrogen) atoms. The van der Waals surface area contributed by atoms with Crippen molar-refractivity contribution < 1.29 is 20.1 Å². The molecule has 1 saturated heterocycles. The normalized spacial score (nSPS) is 39.3. The molecule has 0 unspecified atom stereocenters. The van der Waals surface area contributed by atoms with Gasteiger partial charge in [-0.15, -0.1) is 0 Å². The summed E-state index contributed by atoms with van der Waals surface area (Å²) < 4.78 is 4.65. The Morgan fingerprint density at radius 2 is 2.00 bits per heavy atom. The van der Waals surface area contributed by atoms with Gasteiger partial charge in [-0.2, -0.15) is 13.5 Å². The summed E-state index contributed by atoms with van der Waals surface area (Å²) in [4.78, 5) is 0. The Balaban J connectivity index is 0.000000810. The molecule has 1 heterocycles. The summed E-state index contributed by atoms with van der Waals surface area (Å²) >= 11 is 0. The molecule has 1 aliphatic heterocycles. The molecule has 0 aromatic heterocycles. The van der Waals surface area contributed by atoms with Crippen molar-refractivity contribution in [3.63, 3.8) is 0 Å². The molecular formula is C5H11O4S. The van der Waals surface area contributed by atoms with Crippen molar-refractivity contribution in [1.82, 2.24) is 0 Å². The van der Waals surface area contributed by atoms with Crippen LogP contribution in [-0.4, -0.2) is 40.2 Å². The predicted molar refractivity (Wildman–Crippen MR) is 38.7 cm³/mol. The summed E-state index contributed by atoms with van der Waals surface area (Å²) in [5.41, 5.74) is 0. The van der Waals surface area contributed by atoms with Crippen molar-refractivity contribution in [1.29, 1.82) is 0 Å². The summed E-state index contributed by atoms with van der Waals surface area (Å²) in [6, 6.07) is 0. The highest BCUT2D eigenvalue weighted by Crippen LogP contribution is 2.16. The smallest absolute Gasteiger partial charge is 0.115 e. The molecule has 3 N–H and O–H groups in total. The van der Waals surface area contributed by atoms with Crippen LogP contribution in [0.25, 0.3) is 0 Å². The predicted octanol–water partition coefficient (Wildman–Crippen LogP) is -1.63. The summed E-state index contributed by atoms with van der Waals surface area (Å²) in [7, 11) is 0. The minimum Gasteiger partial charge on any atom is -0.394 e. The van der Waals surface area contributed by atoms with Crippen LogP contribution in [0.5, 0.6) is 0 Å². The Labute approximate surface area is 65.9 Å². The number of ether oxygens (including phenoxy) is 1. The third-order valence-corrected chi connectivity index (χ3v) is 1.30. The third kappa shape index (κ3) is 1.83. The molecule has 1 aliphatic rings. The standard InChI is InChI=1S/C5H9O4.H2S/c6-1-4-5(8)3(7)2-9-4;/h2-8H,1H2;1H2/t3-,4-,5+;/m1./s1. The molecule has 0 aliphatic carbocycles. The Morgan fingerprint density at radius 3 is 2.20 bits per heavy atom. The zero-order valence-corrected chi connectivity index (χ0v) is 6.27. The maximum absolute atomic E-state index is 8.89. The number of hydrogen-bond donors (Lipinski definition) is 3. The van der Waals surface area contributed by atoms with Gasteiger partial charge in [0.25, 0.3) is 0 Å². The van der Waals surface area contributed by atoms with E-state index < -0.39 is 18.3 Å². The van der Waals surface area contributed by atoms with E-state index in [0.29, 0.717) is 0 Å². The highest BCUT2D eigenvalue weighted by Gasteiger charge is 2.34.